The molecule has 0 unspecified atom stereocenters. The summed E-state index contributed by atoms with van der Waals surface area (Å²) in [6.45, 7) is 3.16. The largest absolute Gasteiger partial charge is 0.453 e. The number of hydrogen-bond acceptors (Lipinski definition) is 7. The van der Waals surface area contributed by atoms with Gasteiger partial charge in [-0.25, -0.2) is 14.8 Å². The number of allylic oxidation sites excluding steroid dienone is 1. The lowest BCUT2D eigenvalue weighted by Gasteiger charge is -2.19. The van der Waals surface area contributed by atoms with E-state index >= 15 is 0 Å². The fraction of sp³-hybridized carbons (Fsp3) is 0.364. The molecule has 3 heterocycles. The Morgan fingerprint density at radius 1 is 1.37 bits per heavy atom. The third-order valence-corrected chi connectivity index (χ3v) is 5.56. The van der Waals surface area contributed by atoms with E-state index in [1.165, 1.54) is 11.8 Å². The second-order valence-corrected chi connectivity index (χ2v) is 7.90. The number of thioether (sulfide) groups is 1. The summed E-state index contributed by atoms with van der Waals surface area (Å²) in [5, 5.41) is 4.08. The van der Waals surface area contributed by atoms with Crippen LogP contribution in [0.2, 0.25) is 0 Å². The van der Waals surface area contributed by atoms with Crippen LogP contribution in [0.25, 0.3) is 0 Å². The molecule has 0 saturated carbocycles. The Kier molecular flexibility index (Phi) is 6.44. The van der Waals surface area contributed by atoms with Gasteiger partial charge < -0.3 is 14.8 Å². The van der Waals surface area contributed by atoms with Crippen molar-refractivity contribution in [3.63, 3.8) is 0 Å². The topological polar surface area (TPSA) is 85.7 Å². The molecule has 1 aromatic heterocycles. The van der Waals surface area contributed by atoms with E-state index in [9.17, 15) is 4.79 Å². The number of rotatable bonds is 5. The lowest BCUT2D eigenvalue weighted by molar-refractivity contribution is 0.0399. The van der Waals surface area contributed by atoms with Gasteiger partial charge in [0.05, 0.1) is 23.9 Å². The van der Waals surface area contributed by atoms with Gasteiger partial charge in [0.2, 0.25) is 0 Å². The van der Waals surface area contributed by atoms with E-state index in [-0.39, 0.29) is 12.0 Å². The van der Waals surface area contributed by atoms with Crippen molar-refractivity contribution in [2.45, 2.75) is 37.1 Å². The standard InChI is InChI=1S/C22H24N4O3S/c1-14(29-21(27)15-6-4-3-5-7-15)18-9-8-16-12-23-22(30-2)26-19(16)20(25-18)24-17-10-11-28-13-17/h3-7,9,12,14,17H,8,10-11,13H2,1-2H3,(H,24,25)/t14-,17+/m1/s1. The molecule has 7 nitrogen and oxygen atoms in total. The van der Waals surface area contributed by atoms with Gasteiger partial charge in [0.25, 0.3) is 0 Å². The van der Waals surface area contributed by atoms with Gasteiger partial charge in [-0.3, -0.25) is 4.99 Å². The quantitative estimate of drug-likeness (QED) is 0.449. The minimum Gasteiger partial charge on any atom is -0.453 e. The molecule has 0 aliphatic carbocycles. The number of ether oxygens (including phenoxy) is 2. The Morgan fingerprint density at radius 2 is 2.20 bits per heavy atom. The van der Waals surface area contributed by atoms with Crippen LogP contribution in [0, 0.1) is 0 Å². The van der Waals surface area contributed by atoms with Gasteiger partial charge in [-0.05, 0) is 38.2 Å². The Hall–Kier alpha value is -2.71. The predicted molar refractivity (Wildman–Crippen MR) is 116 cm³/mol. The molecule has 8 heteroatoms. The van der Waals surface area contributed by atoms with Crippen LogP contribution in [0.4, 0.5) is 0 Å². The zero-order valence-electron chi connectivity index (χ0n) is 17.0. The molecule has 30 heavy (non-hydrogen) atoms. The molecule has 2 aliphatic heterocycles. The highest BCUT2D eigenvalue weighted by molar-refractivity contribution is 7.98. The van der Waals surface area contributed by atoms with E-state index < -0.39 is 6.10 Å². The van der Waals surface area contributed by atoms with E-state index in [0.717, 1.165) is 23.4 Å². The van der Waals surface area contributed by atoms with Gasteiger partial charge in [-0.1, -0.05) is 36.0 Å². The Labute approximate surface area is 180 Å². The Morgan fingerprint density at radius 3 is 2.93 bits per heavy atom. The van der Waals surface area contributed by atoms with Gasteiger partial charge in [-0.15, -0.1) is 0 Å². The summed E-state index contributed by atoms with van der Waals surface area (Å²) >= 11 is 1.49. The lowest BCUT2D eigenvalue weighted by atomic mass is 10.1. The number of fused-ring (bicyclic) bond motifs is 1. The van der Waals surface area contributed by atoms with Crippen molar-refractivity contribution in [1.82, 2.24) is 15.3 Å². The Balaban J connectivity index is 1.59. The normalized spacial score (nSPS) is 20.7. The van der Waals surface area contributed by atoms with Gasteiger partial charge >= 0.3 is 5.97 Å². The van der Waals surface area contributed by atoms with E-state index in [0.29, 0.717) is 36.2 Å². The average Bonchev–Trinajstić information content (AvgIpc) is 3.22. The van der Waals surface area contributed by atoms with Crippen molar-refractivity contribution in [2.75, 3.05) is 19.5 Å². The van der Waals surface area contributed by atoms with E-state index in [4.69, 9.17) is 19.5 Å². The summed E-state index contributed by atoms with van der Waals surface area (Å²) in [6, 6.07) is 9.06. The number of hydrogen-bond donors (Lipinski definition) is 1. The summed E-state index contributed by atoms with van der Waals surface area (Å²) in [5.41, 5.74) is 3.07. The zero-order valence-corrected chi connectivity index (χ0v) is 17.8. The summed E-state index contributed by atoms with van der Waals surface area (Å²) in [7, 11) is 0. The molecule has 1 saturated heterocycles. The maximum absolute atomic E-state index is 12.5. The van der Waals surface area contributed by atoms with Gasteiger partial charge in [0, 0.05) is 18.4 Å². The minimum atomic E-state index is -0.468. The smallest absolute Gasteiger partial charge is 0.338 e. The number of carbonyl (C=O) groups excluding carboxylic acids is 1. The molecule has 2 atom stereocenters. The highest BCUT2D eigenvalue weighted by Crippen LogP contribution is 2.21. The van der Waals surface area contributed by atoms with E-state index in [2.05, 4.69) is 10.3 Å². The number of nitrogens with zero attached hydrogens (tertiary/aromatic N) is 3. The highest BCUT2D eigenvalue weighted by Gasteiger charge is 2.25. The van der Waals surface area contributed by atoms with Gasteiger partial charge in [-0.2, -0.15) is 0 Å². The van der Waals surface area contributed by atoms with Crippen LogP contribution in [-0.2, 0) is 15.9 Å². The average molecular weight is 425 g/mol. The minimum absolute atomic E-state index is 0.0783. The summed E-state index contributed by atoms with van der Waals surface area (Å²) < 4.78 is 11.2. The molecule has 1 fully saturated rings. The van der Waals surface area contributed by atoms with Crippen molar-refractivity contribution >= 4 is 23.6 Å². The third-order valence-electron chi connectivity index (χ3n) is 5.00. The second kappa shape index (κ2) is 9.40. The molecule has 0 radical (unpaired) electrons. The number of carbonyl (C=O) groups is 1. The number of amidine groups is 1. The van der Waals surface area contributed by atoms with Crippen molar-refractivity contribution in [2.24, 2.45) is 4.99 Å². The first kappa shape index (κ1) is 20.6. The maximum atomic E-state index is 12.5. The number of esters is 1. The molecule has 0 amide bonds. The van der Waals surface area contributed by atoms with Crippen LogP contribution in [0.1, 0.15) is 35.0 Å². The molecule has 1 aromatic carbocycles. The van der Waals surface area contributed by atoms with Crippen molar-refractivity contribution in [3.05, 3.63) is 65.1 Å². The van der Waals surface area contributed by atoms with E-state index in [1.54, 1.807) is 12.1 Å². The van der Waals surface area contributed by atoms with Crippen molar-refractivity contribution in [3.8, 4) is 0 Å². The highest BCUT2D eigenvalue weighted by atomic mass is 32.2. The summed E-state index contributed by atoms with van der Waals surface area (Å²) in [4.78, 5) is 26.5. The lowest BCUT2D eigenvalue weighted by Crippen LogP contribution is -2.33. The molecule has 1 N–H and O–H groups in total. The molecule has 2 aromatic rings. The summed E-state index contributed by atoms with van der Waals surface area (Å²) in [6.07, 6.45) is 6.83. The number of nitrogens with one attached hydrogen (secondary N) is 1. The SMILES string of the molecule is CSc1ncc2c(n1)C(=N[C@H]1CCOC1)NC([C@@H](C)OC(=O)c1ccccc1)=CC2. The molecule has 156 valence electrons. The van der Waals surface area contributed by atoms with Crippen LogP contribution in [0.15, 0.2) is 58.5 Å². The van der Waals surface area contributed by atoms with Crippen LogP contribution in [0.3, 0.4) is 0 Å². The fourth-order valence-electron chi connectivity index (χ4n) is 3.34. The Bertz CT molecular complexity index is 972. The summed E-state index contributed by atoms with van der Waals surface area (Å²) in [5.74, 6) is 0.310. The molecule has 4 rings (SSSR count). The molecule has 2 aliphatic rings. The fourth-order valence-corrected chi connectivity index (χ4v) is 3.68. The second-order valence-electron chi connectivity index (χ2n) is 7.13. The third kappa shape index (κ3) is 4.71. The van der Waals surface area contributed by atoms with Gasteiger partial charge in [0.1, 0.15) is 11.8 Å². The van der Waals surface area contributed by atoms with Crippen LogP contribution < -0.4 is 5.32 Å². The van der Waals surface area contributed by atoms with Crippen molar-refractivity contribution in [1.29, 1.82) is 0 Å². The predicted octanol–water partition coefficient (Wildman–Crippen LogP) is 3.01. The molecule has 0 spiro atoms. The van der Waals surface area contributed by atoms with Crippen molar-refractivity contribution < 1.29 is 14.3 Å². The first-order valence-corrected chi connectivity index (χ1v) is 11.2. The molecular formula is C22H24N4O3S. The van der Waals surface area contributed by atoms with Crippen LogP contribution >= 0.6 is 11.8 Å². The maximum Gasteiger partial charge on any atom is 0.338 e. The van der Waals surface area contributed by atoms with Crippen LogP contribution in [0.5, 0.6) is 0 Å². The number of benzene rings is 1. The first-order chi connectivity index (χ1) is 14.6. The molecule has 0 bridgehead atoms. The molecular weight excluding hydrogens is 400 g/mol. The zero-order chi connectivity index (χ0) is 20.9. The van der Waals surface area contributed by atoms with Crippen LogP contribution in [-0.4, -0.2) is 53.4 Å². The van der Waals surface area contributed by atoms with Gasteiger partial charge in [0.15, 0.2) is 11.0 Å². The number of aliphatic imine (C=N–C) groups is 1. The first-order valence-electron chi connectivity index (χ1n) is 9.93. The van der Waals surface area contributed by atoms with E-state index in [1.807, 2.05) is 43.7 Å². The number of aromatic nitrogens is 2. The monoisotopic (exact) mass is 424 g/mol.